The van der Waals surface area contributed by atoms with E-state index in [-0.39, 0.29) is 22.6 Å². The quantitative estimate of drug-likeness (QED) is 0.106. The lowest BCUT2D eigenvalue weighted by Crippen LogP contribution is -2.29. The van der Waals surface area contributed by atoms with Gasteiger partial charge in [-0.1, -0.05) is 43.2 Å². The molecule has 1 saturated heterocycles. The standard InChI is InChI=1S/C32H29FN2O5S/c1-3-4-5-13-39-23-8-6-7-19(16-23)28-27(29(36)20-9-12-25-21(15-20)14-18(2)40-25)30(37)31(38)35(28)32-34-24-11-10-22(33)17-26(24)41-32/h6-12,15-18,28,36H,3-5,13-14H2,1-2H3/t18-,28-/m1/s1. The molecule has 4 aromatic rings. The molecule has 3 heterocycles. The van der Waals surface area contributed by atoms with Gasteiger partial charge >= 0.3 is 5.91 Å². The molecule has 0 unspecified atom stereocenters. The molecule has 1 fully saturated rings. The summed E-state index contributed by atoms with van der Waals surface area (Å²) in [6.07, 6.45) is 3.70. The molecule has 0 spiro atoms. The van der Waals surface area contributed by atoms with E-state index in [0.717, 1.165) is 41.9 Å². The van der Waals surface area contributed by atoms with Gasteiger partial charge in [-0.2, -0.15) is 0 Å². The number of thiazole rings is 1. The Hall–Kier alpha value is -4.24. The molecule has 7 nitrogen and oxygen atoms in total. The first-order valence-electron chi connectivity index (χ1n) is 13.7. The van der Waals surface area contributed by atoms with Crippen molar-refractivity contribution in [1.29, 1.82) is 0 Å². The number of ketones is 1. The first-order chi connectivity index (χ1) is 19.8. The second-order valence-electron chi connectivity index (χ2n) is 10.4. The number of aliphatic hydroxyl groups is 1. The van der Waals surface area contributed by atoms with Gasteiger partial charge in [0.05, 0.1) is 28.4 Å². The number of Topliss-reactive ketones (excluding diaryl/α,β-unsaturated/α-hetero) is 1. The molecular formula is C32H29FN2O5S. The number of fused-ring (bicyclic) bond motifs is 2. The number of aliphatic hydroxyl groups excluding tert-OH is 1. The van der Waals surface area contributed by atoms with Crippen LogP contribution in [-0.4, -0.2) is 34.5 Å². The van der Waals surface area contributed by atoms with Gasteiger partial charge in [-0.05, 0) is 73.0 Å². The average molecular weight is 573 g/mol. The second kappa shape index (κ2) is 11.0. The fourth-order valence-electron chi connectivity index (χ4n) is 5.38. The van der Waals surface area contributed by atoms with Crippen LogP contribution < -0.4 is 14.4 Å². The van der Waals surface area contributed by atoms with Crippen molar-refractivity contribution in [2.75, 3.05) is 11.5 Å². The van der Waals surface area contributed by atoms with Crippen LogP contribution in [0.15, 0.2) is 66.2 Å². The van der Waals surface area contributed by atoms with Crippen LogP contribution in [0.2, 0.25) is 0 Å². The minimum Gasteiger partial charge on any atom is -0.507 e. The van der Waals surface area contributed by atoms with Crippen LogP contribution in [0.4, 0.5) is 9.52 Å². The van der Waals surface area contributed by atoms with E-state index in [1.807, 2.05) is 13.0 Å². The zero-order valence-corrected chi connectivity index (χ0v) is 23.5. The lowest BCUT2D eigenvalue weighted by Gasteiger charge is -2.23. The first-order valence-corrected chi connectivity index (χ1v) is 14.6. The van der Waals surface area contributed by atoms with E-state index in [1.54, 1.807) is 36.4 Å². The molecule has 1 aromatic heterocycles. The number of anilines is 1. The summed E-state index contributed by atoms with van der Waals surface area (Å²) in [5.41, 5.74) is 2.39. The Balaban J connectivity index is 1.47. The molecule has 0 saturated carbocycles. The minimum atomic E-state index is -0.969. The highest BCUT2D eigenvalue weighted by Gasteiger charge is 2.48. The number of halogens is 1. The van der Waals surface area contributed by atoms with E-state index in [0.29, 0.717) is 40.1 Å². The number of unbranched alkanes of at least 4 members (excludes halogenated alkanes) is 2. The largest absolute Gasteiger partial charge is 0.507 e. The number of amides is 1. The lowest BCUT2D eigenvalue weighted by atomic mass is 9.94. The molecule has 41 heavy (non-hydrogen) atoms. The molecule has 0 radical (unpaired) electrons. The number of carbonyl (C=O) groups is 2. The summed E-state index contributed by atoms with van der Waals surface area (Å²) in [5, 5.41) is 11.8. The van der Waals surface area contributed by atoms with Crippen molar-refractivity contribution in [2.45, 2.75) is 51.7 Å². The van der Waals surface area contributed by atoms with E-state index >= 15 is 0 Å². The Kier molecular flexibility index (Phi) is 7.21. The number of aromatic nitrogens is 1. The number of nitrogens with zero attached hydrogens (tertiary/aromatic N) is 2. The topological polar surface area (TPSA) is 89.0 Å². The maximum absolute atomic E-state index is 14.0. The molecular weight excluding hydrogens is 543 g/mol. The summed E-state index contributed by atoms with van der Waals surface area (Å²) in [7, 11) is 0. The smallest absolute Gasteiger partial charge is 0.301 e. The van der Waals surface area contributed by atoms with Crippen LogP contribution in [-0.2, 0) is 16.0 Å². The summed E-state index contributed by atoms with van der Waals surface area (Å²) in [4.78, 5) is 33.1. The molecule has 9 heteroatoms. The van der Waals surface area contributed by atoms with Crippen LogP contribution in [0, 0.1) is 5.82 Å². The van der Waals surface area contributed by atoms with Gasteiger partial charge in [0.2, 0.25) is 0 Å². The van der Waals surface area contributed by atoms with E-state index < -0.39 is 23.5 Å². The van der Waals surface area contributed by atoms with Crippen molar-refractivity contribution in [3.8, 4) is 11.5 Å². The number of ether oxygens (including phenoxy) is 2. The maximum Gasteiger partial charge on any atom is 0.301 e. The van der Waals surface area contributed by atoms with Crippen molar-refractivity contribution >= 4 is 44.1 Å². The van der Waals surface area contributed by atoms with Crippen molar-refractivity contribution in [3.05, 3.63) is 88.7 Å². The third kappa shape index (κ3) is 5.06. The number of carbonyl (C=O) groups excluding carboxylic acids is 2. The van der Waals surface area contributed by atoms with Crippen molar-refractivity contribution < 1.29 is 28.6 Å². The third-order valence-electron chi connectivity index (χ3n) is 7.35. The fraction of sp³-hybridized carbons (Fsp3) is 0.281. The predicted molar refractivity (Wildman–Crippen MR) is 156 cm³/mol. The van der Waals surface area contributed by atoms with Gasteiger partial charge in [0.15, 0.2) is 5.13 Å². The van der Waals surface area contributed by atoms with Crippen LogP contribution in [0.1, 0.15) is 55.8 Å². The summed E-state index contributed by atoms with van der Waals surface area (Å²) in [6.45, 7) is 4.62. The molecule has 3 aromatic carbocycles. The highest BCUT2D eigenvalue weighted by atomic mass is 32.1. The fourth-order valence-corrected chi connectivity index (χ4v) is 6.39. The van der Waals surface area contributed by atoms with Gasteiger partial charge in [0.25, 0.3) is 5.78 Å². The van der Waals surface area contributed by atoms with E-state index in [4.69, 9.17) is 9.47 Å². The second-order valence-corrected chi connectivity index (χ2v) is 11.4. The van der Waals surface area contributed by atoms with Gasteiger partial charge in [-0.25, -0.2) is 9.37 Å². The number of benzene rings is 3. The average Bonchev–Trinajstić information content (AvgIpc) is 3.62. The van der Waals surface area contributed by atoms with Gasteiger partial charge in [0.1, 0.15) is 29.2 Å². The molecule has 1 N–H and O–H groups in total. The Labute approximate surface area is 240 Å². The van der Waals surface area contributed by atoms with Crippen LogP contribution >= 0.6 is 11.3 Å². The van der Waals surface area contributed by atoms with E-state index in [1.165, 1.54) is 23.1 Å². The van der Waals surface area contributed by atoms with Gasteiger partial charge in [-0.3, -0.25) is 14.5 Å². The molecule has 2 aliphatic rings. The summed E-state index contributed by atoms with van der Waals surface area (Å²) in [5.74, 6) is -1.01. The Morgan fingerprint density at radius 2 is 2.00 bits per heavy atom. The minimum absolute atomic E-state index is 0.0110. The first kappa shape index (κ1) is 27.0. The van der Waals surface area contributed by atoms with Crippen molar-refractivity contribution in [1.82, 2.24) is 4.98 Å². The summed E-state index contributed by atoms with van der Waals surface area (Å²) in [6, 6.07) is 15.7. The highest BCUT2D eigenvalue weighted by molar-refractivity contribution is 7.22. The molecule has 0 aliphatic carbocycles. The monoisotopic (exact) mass is 572 g/mol. The molecule has 2 aliphatic heterocycles. The molecule has 2 atom stereocenters. The summed E-state index contributed by atoms with van der Waals surface area (Å²) < 4.78 is 26.3. The van der Waals surface area contributed by atoms with E-state index in [2.05, 4.69) is 11.9 Å². The third-order valence-corrected chi connectivity index (χ3v) is 8.37. The van der Waals surface area contributed by atoms with Gasteiger partial charge in [0, 0.05) is 12.0 Å². The predicted octanol–water partition coefficient (Wildman–Crippen LogP) is 6.95. The number of hydrogen-bond acceptors (Lipinski definition) is 7. The van der Waals surface area contributed by atoms with Gasteiger partial charge < -0.3 is 14.6 Å². The summed E-state index contributed by atoms with van der Waals surface area (Å²) >= 11 is 1.11. The van der Waals surface area contributed by atoms with Crippen molar-refractivity contribution in [3.63, 3.8) is 0 Å². The number of hydrogen-bond donors (Lipinski definition) is 1. The zero-order valence-electron chi connectivity index (χ0n) is 22.7. The molecule has 6 rings (SSSR count). The normalized spacial score (nSPS) is 19.5. The van der Waals surface area contributed by atoms with Gasteiger partial charge in [-0.15, -0.1) is 0 Å². The van der Waals surface area contributed by atoms with Crippen LogP contribution in [0.3, 0.4) is 0 Å². The SMILES string of the molecule is CCCCCOc1cccc([C@@H]2C(=C(O)c3ccc4c(c3)C[C@@H](C)O4)C(=O)C(=O)N2c2nc3ccc(F)cc3s2)c1. The Morgan fingerprint density at radius 1 is 1.15 bits per heavy atom. The lowest BCUT2D eigenvalue weighted by molar-refractivity contribution is -0.132. The Morgan fingerprint density at radius 3 is 2.83 bits per heavy atom. The maximum atomic E-state index is 14.0. The van der Waals surface area contributed by atoms with Crippen molar-refractivity contribution in [2.24, 2.45) is 0 Å². The van der Waals surface area contributed by atoms with Crippen LogP contribution in [0.25, 0.3) is 16.0 Å². The highest BCUT2D eigenvalue weighted by Crippen LogP contribution is 2.45. The Bertz CT molecular complexity index is 1700. The van der Waals surface area contributed by atoms with Crippen LogP contribution in [0.5, 0.6) is 11.5 Å². The zero-order chi connectivity index (χ0) is 28.7. The molecule has 0 bridgehead atoms. The molecule has 1 amide bonds. The van der Waals surface area contributed by atoms with E-state index in [9.17, 15) is 19.1 Å². The molecule has 210 valence electrons. The number of rotatable bonds is 8.